The number of guanidine groups is 1. The summed E-state index contributed by atoms with van der Waals surface area (Å²) in [5.74, 6) is 7.23. The van der Waals surface area contributed by atoms with Gasteiger partial charge in [0.1, 0.15) is 0 Å². The third-order valence-electron chi connectivity index (χ3n) is 4.13. The van der Waals surface area contributed by atoms with Crippen LogP contribution in [0.4, 0.5) is 0 Å². The molecule has 2 rings (SSSR count). The van der Waals surface area contributed by atoms with Gasteiger partial charge in [-0.15, -0.1) is 0 Å². The third kappa shape index (κ3) is 3.87. The Morgan fingerprint density at radius 3 is 2.29 bits per heavy atom. The van der Waals surface area contributed by atoms with Crippen LogP contribution in [-0.2, 0) is 0 Å². The molecule has 0 aromatic carbocycles. The molecule has 98 valence electrons. The number of nitrogens with zero attached hydrogens (tertiary/aromatic N) is 1. The molecular formula is C13H26N4. The Labute approximate surface area is 104 Å². The van der Waals surface area contributed by atoms with Crippen LogP contribution < -0.4 is 16.6 Å². The van der Waals surface area contributed by atoms with Crippen molar-refractivity contribution in [1.82, 2.24) is 10.7 Å². The van der Waals surface area contributed by atoms with E-state index in [2.05, 4.69) is 17.7 Å². The molecule has 0 aliphatic heterocycles. The zero-order chi connectivity index (χ0) is 12.1. The van der Waals surface area contributed by atoms with Gasteiger partial charge in [0, 0.05) is 6.04 Å². The fourth-order valence-corrected chi connectivity index (χ4v) is 2.93. The zero-order valence-electron chi connectivity index (χ0n) is 10.9. The van der Waals surface area contributed by atoms with E-state index < -0.39 is 0 Å². The van der Waals surface area contributed by atoms with Crippen molar-refractivity contribution in [3.63, 3.8) is 0 Å². The van der Waals surface area contributed by atoms with Gasteiger partial charge in [0.15, 0.2) is 0 Å². The minimum atomic E-state index is 0.464. The van der Waals surface area contributed by atoms with Crippen LogP contribution in [0.25, 0.3) is 0 Å². The maximum atomic E-state index is 5.55. The third-order valence-corrected chi connectivity index (χ3v) is 4.13. The van der Waals surface area contributed by atoms with Crippen LogP contribution in [0, 0.1) is 5.92 Å². The van der Waals surface area contributed by atoms with E-state index >= 15 is 0 Å². The molecule has 17 heavy (non-hydrogen) atoms. The van der Waals surface area contributed by atoms with Gasteiger partial charge < -0.3 is 5.32 Å². The topological polar surface area (TPSA) is 62.4 Å². The fourth-order valence-electron chi connectivity index (χ4n) is 2.93. The standard InChI is InChI=1S/C13H26N4/c1-10-6-8-12(9-7-10)16-13(17-14)15-11-4-2-3-5-11/h10-12H,2-9,14H2,1H3,(H2,15,16,17). The van der Waals surface area contributed by atoms with Crippen LogP contribution >= 0.6 is 0 Å². The summed E-state index contributed by atoms with van der Waals surface area (Å²) in [6.07, 6.45) is 10.2. The summed E-state index contributed by atoms with van der Waals surface area (Å²) < 4.78 is 0. The van der Waals surface area contributed by atoms with Crippen LogP contribution in [0.3, 0.4) is 0 Å². The van der Waals surface area contributed by atoms with Crippen molar-refractivity contribution in [3.05, 3.63) is 0 Å². The minimum absolute atomic E-state index is 0.464. The highest BCUT2D eigenvalue weighted by molar-refractivity contribution is 5.79. The Balaban J connectivity index is 1.83. The van der Waals surface area contributed by atoms with Gasteiger partial charge in [-0.2, -0.15) is 0 Å². The summed E-state index contributed by atoms with van der Waals surface area (Å²) in [6.45, 7) is 2.33. The summed E-state index contributed by atoms with van der Waals surface area (Å²) >= 11 is 0. The lowest BCUT2D eigenvalue weighted by atomic mass is 9.88. The Bertz CT molecular complexity index is 250. The summed E-state index contributed by atoms with van der Waals surface area (Å²) in [5.41, 5.74) is 2.73. The first kappa shape index (κ1) is 12.7. The molecule has 0 bridgehead atoms. The maximum absolute atomic E-state index is 5.55. The summed E-state index contributed by atoms with van der Waals surface area (Å²) in [4.78, 5) is 4.72. The molecule has 2 saturated carbocycles. The summed E-state index contributed by atoms with van der Waals surface area (Å²) in [7, 11) is 0. The SMILES string of the molecule is CC1CCC(N=C(NN)NC2CCCC2)CC1. The number of nitrogens with two attached hydrogens (primary N) is 1. The molecule has 4 N–H and O–H groups in total. The van der Waals surface area contributed by atoms with E-state index in [1.807, 2.05) is 0 Å². The molecule has 0 aromatic heterocycles. The van der Waals surface area contributed by atoms with Crippen LogP contribution in [-0.4, -0.2) is 18.0 Å². The van der Waals surface area contributed by atoms with Crippen molar-refractivity contribution < 1.29 is 0 Å². The lowest BCUT2D eigenvalue weighted by Crippen LogP contribution is -2.46. The number of hydrogen-bond acceptors (Lipinski definition) is 2. The van der Waals surface area contributed by atoms with E-state index in [4.69, 9.17) is 10.8 Å². The molecular weight excluding hydrogens is 212 g/mol. The van der Waals surface area contributed by atoms with Gasteiger partial charge in [0.2, 0.25) is 5.96 Å². The second-order valence-electron chi connectivity index (χ2n) is 5.66. The van der Waals surface area contributed by atoms with Crippen molar-refractivity contribution in [2.24, 2.45) is 16.8 Å². The molecule has 0 amide bonds. The molecule has 0 aromatic rings. The normalized spacial score (nSPS) is 31.5. The van der Waals surface area contributed by atoms with Gasteiger partial charge in [0.05, 0.1) is 6.04 Å². The van der Waals surface area contributed by atoms with E-state index in [9.17, 15) is 0 Å². The second-order valence-corrected chi connectivity index (χ2v) is 5.66. The highest BCUT2D eigenvalue weighted by Gasteiger charge is 2.20. The monoisotopic (exact) mass is 238 g/mol. The molecule has 4 heteroatoms. The molecule has 2 aliphatic carbocycles. The molecule has 0 spiro atoms. The van der Waals surface area contributed by atoms with Gasteiger partial charge >= 0.3 is 0 Å². The highest BCUT2D eigenvalue weighted by atomic mass is 15.3. The number of hydrazine groups is 1. The smallest absolute Gasteiger partial charge is 0.206 e. The van der Waals surface area contributed by atoms with Gasteiger partial charge in [-0.1, -0.05) is 19.8 Å². The lowest BCUT2D eigenvalue weighted by molar-refractivity contribution is 0.348. The fraction of sp³-hybridized carbons (Fsp3) is 0.923. The molecule has 4 nitrogen and oxygen atoms in total. The molecule has 0 heterocycles. The van der Waals surface area contributed by atoms with E-state index in [1.54, 1.807) is 0 Å². The Morgan fingerprint density at radius 1 is 1.06 bits per heavy atom. The number of rotatable bonds is 2. The molecule has 2 aliphatic rings. The van der Waals surface area contributed by atoms with Crippen molar-refractivity contribution in [2.45, 2.75) is 70.4 Å². The quantitative estimate of drug-likeness (QED) is 0.298. The Morgan fingerprint density at radius 2 is 1.71 bits per heavy atom. The van der Waals surface area contributed by atoms with E-state index in [-0.39, 0.29) is 0 Å². The van der Waals surface area contributed by atoms with Crippen molar-refractivity contribution in [1.29, 1.82) is 0 Å². The van der Waals surface area contributed by atoms with E-state index in [0.717, 1.165) is 11.9 Å². The van der Waals surface area contributed by atoms with Gasteiger partial charge in [-0.05, 0) is 44.4 Å². The van der Waals surface area contributed by atoms with Gasteiger partial charge in [-0.3, -0.25) is 5.43 Å². The zero-order valence-corrected chi connectivity index (χ0v) is 10.9. The largest absolute Gasteiger partial charge is 0.353 e. The Hall–Kier alpha value is -0.770. The highest BCUT2D eigenvalue weighted by Crippen LogP contribution is 2.25. The van der Waals surface area contributed by atoms with Crippen molar-refractivity contribution in [3.8, 4) is 0 Å². The van der Waals surface area contributed by atoms with Crippen LogP contribution in [0.1, 0.15) is 58.3 Å². The molecule has 2 fully saturated rings. The van der Waals surface area contributed by atoms with Crippen LogP contribution in [0.2, 0.25) is 0 Å². The number of nitrogens with one attached hydrogen (secondary N) is 2. The van der Waals surface area contributed by atoms with Crippen molar-refractivity contribution >= 4 is 5.96 Å². The maximum Gasteiger partial charge on any atom is 0.206 e. The van der Waals surface area contributed by atoms with Crippen molar-refractivity contribution in [2.75, 3.05) is 0 Å². The van der Waals surface area contributed by atoms with Crippen LogP contribution in [0.5, 0.6) is 0 Å². The first-order chi connectivity index (χ1) is 8.28. The molecule has 0 saturated heterocycles. The molecule has 0 radical (unpaired) electrons. The molecule has 0 atom stereocenters. The van der Waals surface area contributed by atoms with E-state index in [1.165, 1.54) is 51.4 Å². The lowest BCUT2D eigenvalue weighted by Gasteiger charge is -2.24. The number of hydrogen-bond donors (Lipinski definition) is 3. The average Bonchev–Trinajstić information content (AvgIpc) is 2.84. The van der Waals surface area contributed by atoms with Gasteiger partial charge in [0.25, 0.3) is 0 Å². The predicted molar refractivity (Wildman–Crippen MR) is 71.6 cm³/mol. The second kappa shape index (κ2) is 6.24. The first-order valence-corrected chi connectivity index (χ1v) is 7.09. The first-order valence-electron chi connectivity index (χ1n) is 7.09. The Kier molecular flexibility index (Phi) is 4.66. The predicted octanol–water partition coefficient (Wildman–Crippen LogP) is 1.92. The van der Waals surface area contributed by atoms with E-state index in [0.29, 0.717) is 12.1 Å². The minimum Gasteiger partial charge on any atom is -0.353 e. The number of aliphatic imine (C=N–C) groups is 1. The average molecular weight is 238 g/mol. The van der Waals surface area contributed by atoms with Crippen LogP contribution in [0.15, 0.2) is 4.99 Å². The van der Waals surface area contributed by atoms with Gasteiger partial charge in [-0.25, -0.2) is 10.8 Å². The molecule has 0 unspecified atom stereocenters. The summed E-state index contributed by atoms with van der Waals surface area (Å²) in [6, 6.07) is 1.04. The summed E-state index contributed by atoms with van der Waals surface area (Å²) in [5, 5.41) is 3.44.